The second kappa shape index (κ2) is 9.72. The van der Waals surface area contributed by atoms with E-state index >= 15 is 0 Å². The van der Waals surface area contributed by atoms with E-state index in [1.165, 1.54) is 36.0 Å². The van der Waals surface area contributed by atoms with Crippen molar-refractivity contribution in [1.29, 1.82) is 0 Å². The largest absolute Gasteiger partial charge is 0.480 e. The number of nitrogens with one attached hydrogen (secondary N) is 1. The molecule has 0 fully saturated rings. The molecular weight excluding hydrogens is 454 g/mol. The van der Waals surface area contributed by atoms with Crippen LogP contribution in [0.5, 0.6) is 11.5 Å². The molecule has 3 rings (SSSR count). The van der Waals surface area contributed by atoms with E-state index in [0.717, 1.165) is 0 Å². The van der Waals surface area contributed by atoms with Crippen molar-refractivity contribution in [2.24, 2.45) is 0 Å². The van der Waals surface area contributed by atoms with Crippen LogP contribution < -0.4 is 9.46 Å². The van der Waals surface area contributed by atoms with Crippen LogP contribution in [-0.4, -0.2) is 40.4 Å². The van der Waals surface area contributed by atoms with Crippen molar-refractivity contribution in [3.05, 3.63) is 66.3 Å². The van der Waals surface area contributed by atoms with Crippen molar-refractivity contribution < 1.29 is 27.6 Å². The van der Waals surface area contributed by atoms with Crippen LogP contribution in [0.2, 0.25) is 0 Å². The molecule has 2 N–H and O–H groups in total. The number of thioether (sulfide) groups is 1. The number of aliphatic carboxylic acids is 1. The minimum atomic E-state index is -4.10. The van der Waals surface area contributed by atoms with Gasteiger partial charge in [-0.3, -0.25) is 9.78 Å². The highest BCUT2D eigenvalue weighted by Gasteiger charge is 2.39. The number of hydrogen-bond donors (Lipinski definition) is 2. The molecule has 1 atom stereocenters. The molecule has 0 bridgehead atoms. The zero-order chi connectivity index (χ0) is 23.4. The van der Waals surface area contributed by atoms with Gasteiger partial charge >= 0.3 is 5.97 Å². The molecule has 3 aromatic rings. The molecule has 0 saturated carbocycles. The summed E-state index contributed by atoms with van der Waals surface area (Å²) in [7, 11) is -4.10. The molecule has 11 heteroatoms. The van der Waals surface area contributed by atoms with Gasteiger partial charge in [-0.2, -0.15) is 4.72 Å². The van der Waals surface area contributed by atoms with Crippen LogP contribution in [0.15, 0.2) is 64.3 Å². The number of carboxylic acid groups (broad SMARTS) is 1. The third-order valence-corrected chi connectivity index (χ3v) is 7.36. The summed E-state index contributed by atoms with van der Waals surface area (Å²) in [6, 6.07) is 9.42. The fourth-order valence-corrected chi connectivity index (χ4v) is 5.16. The maximum absolute atomic E-state index is 12.9. The van der Waals surface area contributed by atoms with Gasteiger partial charge in [0.2, 0.25) is 10.0 Å². The van der Waals surface area contributed by atoms with Crippen LogP contribution in [0.4, 0.5) is 0 Å². The first-order valence-electron chi connectivity index (χ1n) is 9.56. The van der Waals surface area contributed by atoms with E-state index in [4.69, 9.17) is 9.26 Å². The van der Waals surface area contributed by atoms with Crippen LogP contribution in [-0.2, 0) is 20.6 Å². The lowest BCUT2D eigenvalue weighted by molar-refractivity contribution is -0.139. The van der Waals surface area contributed by atoms with Crippen molar-refractivity contribution in [1.82, 2.24) is 14.9 Å². The number of sulfonamides is 1. The van der Waals surface area contributed by atoms with E-state index in [9.17, 15) is 18.3 Å². The van der Waals surface area contributed by atoms with Crippen LogP contribution in [0.3, 0.4) is 0 Å². The minimum absolute atomic E-state index is 0.0706. The van der Waals surface area contributed by atoms with Gasteiger partial charge in [0.05, 0.1) is 10.6 Å². The second-order valence-electron chi connectivity index (χ2n) is 7.47. The Balaban J connectivity index is 1.72. The van der Waals surface area contributed by atoms with Gasteiger partial charge in [0.1, 0.15) is 23.3 Å². The molecule has 0 aliphatic heterocycles. The van der Waals surface area contributed by atoms with Crippen LogP contribution in [0.1, 0.15) is 25.3 Å². The molecule has 0 unspecified atom stereocenters. The van der Waals surface area contributed by atoms with Gasteiger partial charge in [-0.15, -0.1) is 11.8 Å². The number of benzene rings is 1. The zero-order valence-corrected chi connectivity index (χ0v) is 19.3. The van der Waals surface area contributed by atoms with E-state index in [1.54, 1.807) is 51.4 Å². The molecule has 170 valence electrons. The van der Waals surface area contributed by atoms with Crippen LogP contribution in [0, 0.1) is 6.92 Å². The van der Waals surface area contributed by atoms with Crippen molar-refractivity contribution in [2.75, 3.05) is 0 Å². The lowest BCUT2D eigenvalue weighted by atomic mass is 10.1. The molecule has 0 aliphatic rings. The number of carbonyl (C=O) groups is 1. The highest BCUT2D eigenvalue weighted by molar-refractivity contribution is 8.00. The van der Waals surface area contributed by atoms with Gasteiger partial charge < -0.3 is 14.4 Å². The Bertz CT molecular complexity index is 1160. The monoisotopic (exact) mass is 477 g/mol. The topological polar surface area (TPSA) is 132 Å². The second-order valence-corrected chi connectivity index (χ2v) is 10.8. The van der Waals surface area contributed by atoms with E-state index < -0.39 is 26.8 Å². The first-order chi connectivity index (χ1) is 15.1. The van der Waals surface area contributed by atoms with Crippen LogP contribution >= 0.6 is 11.8 Å². The summed E-state index contributed by atoms with van der Waals surface area (Å²) in [6.45, 7) is 5.09. The summed E-state index contributed by atoms with van der Waals surface area (Å²) in [5.41, 5.74) is 0.650. The maximum atomic E-state index is 12.9. The molecule has 0 radical (unpaired) electrons. The van der Waals surface area contributed by atoms with E-state index in [2.05, 4.69) is 14.9 Å². The SMILES string of the molecule is Cc1cc(CSC(C)(C)[C@@H](NS(=O)(=O)c2ccc(Oc3ccncc3)cc2)C(=O)O)no1. The predicted octanol–water partition coefficient (Wildman–Crippen LogP) is 3.61. The fraction of sp³-hybridized carbons (Fsp3) is 0.286. The lowest BCUT2D eigenvalue weighted by Crippen LogP contribution is -2.52. The molecule has 9 nitrogen and oxygen atoms in total. The van der Waals surface area contributed by atoms with E-state index in [-0.39, 0.29) is 4.90 Å². The summed E-state index contributed by atoms with van der Waals surface area (Å²) in [5.74, 6) is 0.728. The summed E-state index contributed by atoms with van der Waals surface area (Å²) in [4.78, 5) is 15.8. The Morgan fingerprint density at radius 3 is 2.38 bits per heavy atom. The standard InChI is InChI=1S/C21H23N3O6S2/c1-14-12-15(23-30-14)13-31-21(2,3)19(20(25)26)24-32(27,28)18-6-4-16(5-7-18)29-17-8-10-22-11-9-17/h4-12,19,24H,13H2,1-3H3,(H,25,26)/t19-/m0/s1. The number of carboxylic acids is 1. The van der Waals surface area contributed by atoms with Gasteiger partial charge in [0.15, 0.2) is 0 Å². The fourth-order valence-electron chi connectivity index (χ4n) is 2.77. The van der Waals surface area contributed by atoms with Gasteiger partial charge in [-0.25, -0.2) is 8.42 Å². The zero-order valence-electron chi connectivity index (χ0n) is 17.7. The number of hydrogen-bond acceptors (Lipinski definition) is 8. The Morgan fingerprint density at radius 2 is 1.81 bits per heavy atom. The third kappa shape index (κ3) is 6.09. The molecule has 0 spiro atoms. The average molecular weight is 478 g/mol. The number of nitrogens with zero attached hydrogens (tertiary/aromatic N) is 2. The lowest BCUT2D eigenvalue weighted by Gasteiger charge is -2.31. The van der Waals surface area contributed by atoms with Crippen molar-refractivity contribution in [3.8, 4) is 11.5 Å². The number of rotatable bonds is 10. The summed E-state index contributed by atoms with van der Waals surface area (Å²) in [6.07, 6.45) is 3.15. The third-order valence-electron chi connectivity index (χ3n) is 4.50. The quantitative estimate of drug-likeness (QED) is 0.449. The van der Waals surface area contributed by atoms with Crippen molar-refractivity contribution in [3.63, 3.8) is 0 Å². The van der Waals surface area contributed by atoms with Gasteiger partial charge in [0, 0.05) is 29.0 Å². The Kier molecular flexibility index (Phi) is 7.22. The highest BCUT2D eigenvalue weighted by atomic mass is 32.2. The molecule has 0 aliphatic carbocycles. The van der Waals surface area contributed by atoms with Gasteiger partial charge in [-0.1, -0.05) is 5.16 Å². The molecule has 0 amide bonds. The number of ether oxygens (including phenoxy) is 1. The molecule has 2 heterocycles. The molecule has 2 aromatic heterocycles. The normalized spacial score (nSPS) is 13.0. The first kappa shape index (κ1) is 23.8. The van der Waals surface area contributed by atoms with E-state index in [1.807, 2.05) is 0 Å². The molecule has 0 saturated heterocycles. The Hall–Kier alpha value is -2.89. The van der Waals surface area contributed by atoms with E-state index in [0.29, 0.717) is 28.7 Å². The minimum Gasteiger partial charge on any atom is -0.480 e. The summed E-state index contributed by atoms with van der Waals surface area (Å²) in [5, 5.41) is 13.6. The number of pyridine rings is 1. The highest BCUT2D eigenvalue weighted by Crippen LogP contribution is 2.32. The van der Waals surface area contributed by atoms with Crippen LogP contribution in [0.25, 0.3) is 0 Å². The van der Waals surface area contributed by atoms with Crippen molar-refractivity contribution >= 4 is 27.8 Å². The number of aryl methyl sites for hydroxylation is 1. The first-order valence-corrected chi connectivity index (χ1v) is 12.0. The maximum Gasteiger partial charge on any atom is 0.323 e. The average Bonchev–Trinajstić information content (AvgIpc) is 3.17. The smallest absolute Gasteiger partial charge is 0.323 e. The molecule has 1 aromatic carbocycles. The predicted molar refractivity (Wildman–Crippen MR) is 119 cm³/mol. The summed E-state index contributed by atoms with van der Waals surface area (Å²) < 4.78 is 37.8. The molecular formula is C21H23N3O6S2. The van der Waals surface area contributed by atoms with Crippen molar-refractivity contribution in [2.45, 2.75) is 42.2 Å². The Morgan fingerprint density at radius 1 is 1.19 bits per heavy atom. The molecule has 32 heavy (non-hydrogen) atoms. The number of aromatic nitrogens is 2. The Labute approximate surface area is 190 Å². The van der Waals surface area contributed by atoms with Gasteiger partial charge in [-0.05, 0) is 57.2 Å². The summed E-state index contributed by atoms with van der Waals surface area (Å²) >= 11 is 1.27. The van der Waals surface area contributed by atoms with Gasteiger partial charge in [0.25, 0.3) is 0 Å².